The number of pyridine rings is 1. The number of aromatic amines is 1. The molecule has 0 saturated carbocycles. The fraction of sp³-hybridized carbons (Fsp3) is 0.235. The highest BCUT2D eigenvalue weighted by atomic mass is 16.1. The summed E-state index contributed by atoms with van der Waals surface area (Å²) in [6.45, 7) is 2.10. The average molecular weight is 322 g/mol. The fourth-order valence-corrected chi connectivity index (χ4v) is 3.06. The first-order valence-electron chi connectivity index (χ1n) is 7.87. The molecular weight excluding hydrogens is 304 g/mol. The highest BCUT2D eigenvalue weighted by Crippen LogP contribution is 2.27. The standard InChI is InChI=1S/C17H18N6O/c1-10-15(11-4-6-18-7-5-11)22-23-16(10)21-17(24)12-2-3-13-14(8-12)20-9-19-13/h2-10,15-16,22-23H,1H3,(H,19,20)(H,21,24). The summed E-state index contributed by atoms with van der Waals surface area (Å²) in [7, 11) is 0. The van der Waals surface area contributed by atoms with Crippen molar-refractivity contribution in [3.8, 4) is 0 Å². The van der Waals surface area contributed by atoms with Crippen molar-refractivity contribution >= 4 is 16.9 Å². The van der Waals surface area contributed by atoms with E-state index in [4.69, 9.17) is 0 Å². The summed E-state index contributed by atoms with van der Waals surface area (Å²) >= 11 is 0. The van der Waals surface area contributed by atoms with Gasteiger partial charge in [-0.15, -0.1) is 0 Å². The Morgan fingerprint density at radius 1 is 1.17 bits per heavy atom. The largest absolute Gasteiger partial charge is 0.345 e. The molecule has 122 valence electrons. The summed E-state index contributed by atoms with van der Waals surface area (Å²) in [6.07, 6.45) is 5.01. The first kappa shape index (κ1) is 14.8. The summed E-state index contributed by atoms with van der Waals surface area (Å²) in [6, 6.07) is 9.51. The van der Waals surface area contributed by atoms with Gasteiger partial charge in [0.2, 0.25) is 0 Å². The molecule has 7 heteroatoms. The van der Waals surface area contributed by atoms with Crippen molar-refractivity contribution in [2.45, 2.75) is 19.1 Å². The van der Waals surface area contributed by atoms with Crippen molar-refractivity contribution in [1.29, 1.82) is 0 Å². The van der Waals surface area contributed by atoms with Crippen LogP contribution in [0, 0.1) is 5.92 Å². The van der Waals surface area contributed by atoms with Gasteiger partial charge in [0.25, 0.3) is 5.91 Å². The minimum Gasteiger partial charge on any atom is -0.345 e. The number of benzene rings is 1. The lowest BCUT2D eigenvalue weighted by Gasteiger charge is -2.19. The van der Waals surface area contributed by atoms with E-state index in [2.05, 4.69) is 38.0 Å². The van der Waals surface area contributed by atoms with Crippen LogP contribution in [0.15, 0.2) is 49.1 Å². The van der Waals surface area contributed by atoms with Crippen molar-refractivity contribution < 1.29 is 4.79 Å². The molecule has 2 aromatic heterocycles. The van der Waals surface area contributed by atoms with Crippen molar-refractivity contribution in [1.82, 2.24) is 31.1 Å². The van der Waals surface area contributed by atoms with E-state index in [0.717, 1.165) is 16.6 Å². The molecule has 3 unspecified atom stereocenters. The molecule has 3 atom stereocenters. The molecule has 1 amide bonds. The maximum atomic E-state index is 12.5. The van der Waals surface area contributed by atoms with E-state index in [9.17, 15) is 4.79 Å². The molecule has 1 aromatic carbocycles. The third-order valence-corrected chi connectivity index (χ3v) is 4.48. The van der Waals surface area contributed by atoms with E-state index >= 15 is 0 Å². The molecule has 1 fully saturated rings. The van der Waals surface area contributed by atoms with Gasteiger partial charge in [-0.25, -0.2) is 15.8 Å². The fourth-order valence-electron chi connectivity index (χ4n) is 3.06. The number of carbonyl (C=O) groups is 1. The average Bonchev–Trinajstić information content (AvgIpc) is 3.22. The van der Waals surface area contributed by atoms with E-state index in [1.807, 2.05) is 24.3 Å². The predicted molar refractivity (Wildman–Crippen MR) is 89.8 cm³/mol. The quantitative estimate of drug-likeness (QED) is 0.586. The molecule has 0 bridgehead atoms. The van der Waals surface area contributed by atoms with Crippen LogP contribution in [0.5, 0.6) is 0 Å². The Kier molecular flexibility index (Phi) is 3.72. The second kappa shape index (κ2) is 6.03. The first-order chi connectivity index (χ1) is 11.7. The zero-order valence-corrected chi connectivity index (χ0v) is 13.2. The molecule has 3 heterocycles. The van der Waals surface area contributed by atoms with Gasteiger partial charge >= 0.3 is 0 Å². The summed E-state index contributed by atoms with van der Waals surface area (Å²) in [5, 5.41) is 3.04. The Labute approximate surface area is 138 Å². The maximum absolute atomic E-state index is 12.5. The number of carbonyl (C=O) groups excluding carboxylic acids is 1. The molecule has 4 rings (SSSR count). The number of amides is 1. The van der Waals surface area contributed by atoms with Crippen LogP contribution in [0.25, 0.3) is 11.0 Å². The summed E-state index contributed by atoms with van der Waals surface area (Å²) in [5.74, 6) is 0.0697. The molecule has 1 aliphatic rings. The van der Waals surface area contributed by atoms with Gasteiger partial charge in [0.05, 0.1) is 29.6 Å². The van der Waals surface area contributed by atoms with Crippen LogP contribution < -0.4 is 16.2 Å². The lowest BCUT2D eigenvalue weighted by Crippen LogP contribution is -2.46. The van der Waals surface area contributed by atoms with Crippen molar-refractivity contribution in [3.63, 3.8) is 0 Å². The Morgan fingerprint density at radius 3 is 2.83 bits per heavy atom. The van der Waals surface area contributed by atoms with E-state index in [-0.39, 0.29) is 24.0 Å². The number of rotatable bonds is 3. The minimum absolute atomic E-state index is 0.118. The van der Waals surface area contributed by atoms with Gasteiger partial charge in [-0.3, -0.25) is 9.78 Å². The number of hydrazine groups is 1. The Morgan fingerprint density at radius 2 is 2.00 bits per heavy atom. The zero-order chi connectivity index (χ0) is 16.5. The van der Waals surface area contributed by atoms with Crippen molar-refractivity contribution in [2.75, 3.05) is 0 Å². The highest BCUT2D eigenvalue weighted by molar-refractivity contribution is 5.97. The van der Waals surface area contributed by atoms with Crippen molar-refractivity contribution in [3.05, 3.63) is 60.2 Å². The molecule has 4 N–H and O–H groups in total. The summed E-state index contributed by atoms with van der Waals surface area (Å²) in [4.78, 5) is 23.8. The molecule has 24 heavy (non-hydrogen) atoms. The molecule has 0 aliphatic carbocycles. The maximum Gasteiger partial charge on any atom is 0.252 e. The molecule has 0 radical (unpaired) electrons. The van der Waals surface area contributed by atoms with E-state index in [0.29, 0.717) is 5.56 Å². The van der Waals surface area contributed by atoms with Crippen LogP contribution >= 0.6 is 0 Å². The van der Waals surface area contributed by atoms with Crippen LogP contribution in [-0.2, 0) is 0 Å². The lowest BCUT2D eigenvalue weighted by atomic mass is 9.95. The van der Waals surface area contributed by atoms with Crippen LogP contribution in [0.1, 0.15) is 28.9 Å². The summed E-state index contributed by atoms with van der Waals surface area (Å²) < 4.78 is 0. The zero-order valence-electron chi connectivity index (χ0n) is 13.2. The minimum atomic E-state index is -0.159. The van der Waals surface area contributed by atoms with Gasteiger partial charge in [0, 0.05) is 23.9 Å². The first-order valence-corrected chi connectivity index (χ1v) is 7.87. The predicted octanol–water partition coefficient (Wildman–Crippen LogP) is 1.50. The van der Waals surface area contributed by atoms with Crippen LogP contribution in [-0.4, -0.2) is 27.0 Å². The Bertz CT molecular complexity index is 862. The SMILES string of the molecule is CC1C(NC(=O)c2ccc3nc[nH]c3c2)NNC1c1ccncc1. The molecule has 1 aliphatic heterocycles. The van der Waals surface area contributed by atoms with E-state index in [1.54, 1.807) is 24.8 Å². The summed E-state index contributed by atoms with van der Waals surface area (Å²) in [5.41, 5.74) is 9.85. The second-order valence-corrected chi connectivity index (χ2v) is 5.99. The number of aromatic nitrogens is 3. The van der Waals surface area contributed by atoms with Gasteiger partial charge in [-0.2, -0.15) is 0 Å². The Hall–Kier alpha value is -2.77. The molecule has 3 aromatic rings. The highest BCUT2D eigenvalue weighted by Gasteiger charge is 2.34. The molecular formula is C17H18N6O. The third kappa shape index (κ3) is 2.64. The Balaban J connectivity index is 1.48. The van der Waals surface area contributed by atoms with Crippen molar-refractivity contribution in [2.24, 2.45) is 5.92 Å². The monoisotopic (exact) mass is 322 g/mol. The second-order valence-electron chi connectivity index (χ2n) is 5.99. The van der Waals surface area contributed by atoms with Crippen LogP contribution in [0.3, 0.4) is 0 Å². The normalized spacial score (nSPS) is 23.5. The van der Waals surface area contributed by atoms with E-state index < -0.39 is 0 Å². The topological polar surface area (TPSA) is 94.7 Å². The number of fused-ring (bicyclic) bond motifs is 1. The number of nitrogens with zero attached hydrogens (tertiary/aromatic N) is 2. The molecule has 0 spiro atoms. The third-order valence-electron chi connectivity index (χ3n) is 4.48. The lowest BCUT2D eigenvalue weighted by molar-refractivity contribution is 0.0923. The van der Waals surface area contributed by atoms with Gasteiger partial charge in [-0.05, 0) is 35.9 Å². The number of nitrogens with one attached hydrogen (secondary N) is 4. The van der Waals surface area contributed by atoms with Crippen LogP contribution in [0.4, 0.5) is 0 Å². The molecule has 1 saturated heterocycles. The van der Waals surface area contributed by atoms with E-state index in [1.165, 1.54) is 0 Å². The number of hydrogen-bond donors (Lipinski definition) is 4. The van der Waals surface area contributed by atoms with Gasteiger partial charge in [0.1, 0.15) is 0 Å². The number of imidazole rings is 1. The number of hydrogen-bond acceptors (Lipinski definition) is 5. The van der Waals surface area contributed by atoms with Gasteiger partial charge in [0.15, 0.2) is 0 Å². The van der Waals surface area contributed by atoms with Crippen LogP contribution in [0.2, 0.25) is 0 Å². The number of H-pyrrole nitrogens is 1. The van der Waals surface area contributed by atoms with Gasteiger partial charge in [-0.1, -0.05) is 6.92 Å². The molecule has 7 nitrogen and oxygen atoms in total. The van der Waals surface area contributed by atoms with Gasteiger partial charge < -0.3 is 10.3 Å². The smallest absolute Gasteiger partial charge is 0.252 e.